The Morgan fingerprint density at radius 1 is 0.931 bits per heavy atom. The maximum atomic E-state index is 14.1. The van der Waals surface area contributed by atoms with Gasteiger partial charge in [-0.1, -0.05) is 42.5 Å². The lowest BCUT2D eigenvalue weighted by Crippen LogP contribution is -2.31. The molecule has 4 nitrogen and oxygen atoms in total. The van der Waals surface area contributed by atoms with Gasteiger partial charge in [-0.25, -0.2) is 9.07 Å². The minimum Gasteiger partial charge on any atom is -0.382 e. The topological polar surface area (TPSA) is 53.8 Å². The second-order valence-electron chi connectivity index (χ2n) is 7.39. The number of nitrogens with zero attached hydrogens (tertiary/aromatic N) is 2. The van der Waals surface area contributed by atoms with Gasteiger partial charge in [-0.3, -0.25) is 0 Å². The highest BCUT2D eigenvalue weighted by molar-refractivity contribution is 5.82. The SMILES string of the molecule is OC(CF)(Cc1cc2ccccc2[nH]1)c1ccc2c(cnn2-c2ccccc2)c1. The summed E-state index contributed by atoms with van der Waals surface area (Å²) in [6.45, 7) is -0.874. The monoisotopic (exact) mass is 385 g/mol. The molecule has 0 saturated carbocycles. The molecule has 5 heteroatoms. The Labute approximate surface area is 167 Å². The van der Waals surface area contributed by atoms with Crippen LogP contribution in [0.15, 0.2) is 85.1 Å². The van der Waals surface area contributed by atoms with Gasteiger partial charge in [-0.15, -0.1) is 0 Å². The number of aromatic nitrogens is 3. The molecule has 1 unspecified atom stereocenters. The van der Waals surface area contributed by atoms with Crippen LogP contribution < -0.4 is 0 Å². The van der Waals surface area contributed by atoms with Crippen molar-refractivity contribution in [3.8, 4) is 5.69 Å². The number of para-hydroxylation sites is 2. The zero-order valence-electron chi connectivity index (χ0n) is 15.7. The molecule has 0 amide bonds. The highest BCUT2D eigenvalue weighted by Crippen LogP contribution is 2.31. The van der Waals surface area contributed by atoms with Crippen LogP contribution in [0, 0.1) is 0 Å². The van der Waals surface area contributed by atoms with Gasteiger partial charge < -0.3 is 10.1 Å². The van der Waals surface area contributed by atoms with Gasteiger partial charge in [-0.05, 0) is 47.3 Å². The van der Waals surface area contributed by atoms with E-state index < -0.39 is 12.3 Å². The van der Waals surface area contributed by atoms with Crippen molar-refractivity contribution in [3.63, 3.8) is 0 Å². The molecule has 2 aromatic heterocycles. The maximum absolute atomic E-state index is 14.1. The number of H-pyrrole nitrogens is 1. The Morgan fingerprint density at radius 2 is 1.72 bits per heavy atom. The highest BCUT2D eigenvalue weighted by Gasteiger charge is 2.31. The van der Waals surface area contributed by atoms with Crippen molar-refractivity contribution in [3.05, 3.63) is 96.3 Å². The molecule has 29 heavy (non-hydrogen) atoms. The number of benzene rings is 3. The fraction of sp³-hybridized carbons (Fsp3) is 0.125. The van der Waals surface area contributed by atoms with Crippen molar-refractivity contribution in [1.82, 2.24) is 14.8 Å². The molecule has 0 aliphatic heterocycles. The highest BCUT2D eigenvalue weighted by atomic mass is 19.1. The van der Waals surface area contributed by atoms with E-state index in [0.29, 0.717) is 5.56 Å². The third-order valence-corrected chi connectivity index (χ3v) is 5.40. The van der Waals surface area contributed by atoms with Gasteiger partial charge in [0.1, 0.15) is 12.3 Å². The van der Waals surface area contributed by atoms with Gasteiger partial charge in [0.15, 0.2) is 0 Å². The number of hydrogen-bond donors (Lipinski definition) is 2. The number of rotatable bonds is 5. The number of aromatic amines is 1. The summed E-state index contributed by atoms with van der Waals surface area (Å²) in [7, 11) is 0. The Bertz CT molecular complexity index is 1260. The Kier molecular flexibility index (Phi) is 4.18. The van der Waals surface area contributed by atoms with E-state index in [1.807, 2.05) is 77.5 Å². The van der Waals surface area contributed by atoms with Crippen molar-refractivity contribution in [2.24, 2.45) is 0 Å². The fourth-order valence-corrected chi connectivity index (χ4v) is 3.87. The van der Waals surface area contributed by atoms with Crippen LogP contribution in [-0.4, -0.2) is 26.5 Å². The predicted octanol–water partition coefficient (Wildman–Crippen LogP) is 4.91. The molecule has 0 bridgehead atoms. The summed E-state index contributed by atoms with van der Waals surface area (Å²) in [4.78, 5) is 3.27. The molecule has 1 atom stereocenters. The molecule has 2 heterocycles. The molecule has 144 valence electrons. The second kappa shape index (κ2) is 6.87. The van der Waals surface area contributed by atoms with Crippen LogP contribution in [0.3, 0.4) is 0 Å². The van der Waals surface area contributed by atoms with Crippen LogP contribution >= 0.6 is 0 Å². The number of hydrogen-bond acceptors (Lipinski definition) is 2. The van der Waals surface area contributed by atoms with E-state index in [0.717, 1.165) is 33.2 Å². The van der Waals surface area contributed by atoms with Gasteiger partial charge >= 0.3 is 0 Å². The lowest BCUT2D eigenvalue weighted by atomic mass is 9.89. The number of alkyl halides is 1. The third-order valence-electron chi connectivity index (χ3n) is 5.40. The molecular weight excluding hydrogens is 365 g/mol. The van der Waals surface area contributed by atoms with Gasteiger partial charge in [0.25, 0.3) is 0 Å². The largest absolute Gasteiger partial charge is 0.382 e. The van der Waals surface area contributed by atoms with Crippen LogP contribution in [-0.2, 0) is 12.0 Å². The van der Waals surface area contributed by atoms with Gasteiger partial charge in [0.05, 0.1) is 17.4 Å². The van der Waals surface area contributed by atoms with E-state index in [4.69, 9.17) is 0 Å². The molecule has 0 saturated heterocycles. The summed E-state index contributed by atoms with van der Waals surface area (Å²) in [5.74, 6) is 0. The Morgan fingerprint density at radius 3 is 2.52 bits per heavy atom. The van der Waals surface area contributed by atoms with Gasteiger partial charge in [-0.2, -0.15) is 5.10 Å². The Hall–Kier alpha value is -3.44. The van der Waals surface area contributed by atoms with Crippen LogP contribution in [0.5, 0.6) is 0 Å². The molecule has 0 radical (unpaired) electrons. The van der Waals surface area contributed by atoms with E-state index in [9.17, 15) is 9.50 Å². The van der Waals surface area contributed by atoms with Crippen molar-refractivity contribution in [1.29, 1.82) is 0 Å². The number of aliphatic hydroxyl groups is 1. The summed E-state index contributed by atoms with van der Waals surface area (Å²) < 4.78 is 15.9. The zero-order valence-corrected chi connectivity index (χ0v) is 15.7. The molecule has 5 rings (SSSR count). The fourth-order valence-electron chi connectivity index (χ4n) is 3.87. The van der Waals surface area contributed by atoms with Crippen LogP contribution in [0.4, 0.5) is 4.39 Å². The molecule has 3 aromatic carbocycles. The van der Waals surface area contributed by atoms with Crippen LogP contribution in [0.1, 0.15) is 11.3 Å². The lowest BCUT2D eigenvalue weighted by molar-refractivity contribution is 0.0107. The first-order chi connectivity index (χ1) is 14.2. The minimum atomic E-state index is -1.61. The molecule has 0 aliphatic carbocycles. The number of nitrogens with one attached hydrogen (secondary N) is 1. The maximum Gasteiger partial charge on any atom is 0.123 e. The van der Waals surface area contributed by atoms with E-state index in [-0.39, 0.29) is 6.42 Å². The first kappa shape index (κ1) is 17.6. The minimum absolute atomic E-state index is 0.163. The number of halogens is 1. The number of fused-ring (bicyclic) bond motifs is 2. The summed E-state index contributed by atoms with van der Waals surface area (Å²) >= 11 is 0. The van der Waals surface area contributed by atoms with E-state index >= 15 is 0 Å². The second-order valence-corrected chi connectivity index (χ2v) is 7.39. The molecular formula is C24H20FN3O. The van der Waals surface area contributed by atoms with Gasteiger partial charge in [0.2, 0.25) is 0 Å². The molecule has 0 aliphatic rings. The van der Waals surface area contributed by atoms with Crippen molar-refractivity contribution >= 4 is 21.8 Å². The average molecular weight is 385 g/mol. The van der Waals surface area contributed by atoms with Gasteiger partial charge in [0, 0.05) is 23.0 Å². The summed E-state index contributed by atoms with van der Waals surface area (Å²) in [5.41, 5.74) is 2.57. The Balaban J connectivity index is 1.52. The lowest BCUT2D eigenvalue weighted by Gasteiger charge is -2.25. The van der Waals surface area contributed by atoms with Crippen LogP contribution in [0.25, 0.3) is 27.5 Å². The van der Waals surface area contributed by atoms with E-state index in [1.54, 1.807) is 12.3 Å². The predicted molar refractivity (Wildman–Crippen MR) is 113 cm³/mol. The smallest absolute Gasteiger partial charge is 0.123 e. The summed E-state index contributed by atoms with van der Waals surface area (Å²) in [6.07, 6.45) is 1.91. The first-order valence-corrected chi connectivity index (χ1v) is 9.55. The van der Waals surface area contributed by atoms with E-state index in [2.05, 4.69) is 10.1 Å². The van der Waals surface area contributed by atoms with Crippen molar-refractivity contribution < 1.29 is 9.50 Å². The van der Waals surface area contributed by atoms with Crippen molar-refractivity contribution in [2.75, 3.05) is 6.67 Å². The zero-order chi connectivity index (χ0) is 19.8. The standard InChI is InChI=1S/C24H20FN3O/c25-16-24(29,14-20-13-17-6-4-5-9-22(17)27-20)19-10-11-23-18(12-19)15-26-28(23)21-7-2-1-3-8-21/h1-13,15,27,29H,14,16H2. The quantitative estimate of drug-likeness (QED) is 0.452. The molecule has 0 fully saturated rings. The van der Waals surface area contributed by atoms with Crippen molar-refractivity contribution in [2.45, 2.75) is 12.0 Å². The third kappa shape index (κ3) is 3.09. The first-order valence-electron chi connectivity index (χ1n) is 9.55. The normalized spacial score (nSPS) is 13.7. The van der Waals surface area contributed by atoms with Crippen LogP contribution in [0.2, 0.25) is 0 Å². The summed E-state index contributed by atoms with van der Waals surface area (Å²) in [6, 6.07) is 25.2. The molecule has 2 N–H and O–H groups in total. The van der Waals surface area contributed by atoms with E-state index in [1.165, 1.54) is 0 Å². The average Bonchev–Trinajstić information content (AvgIpc) is 3.37. The molecule has 0 spiro atoms. The molecule has 5 aromatic rings. The summed E-state index contributed by atoms with van der Waals surface area (Å²) in [5, 5.41) is 17.5.